The zero-order valence-corrected chi connectivity index (χ0v) is 9.80. The first-order chi connectivity index (χ1) is 7.40. The number of piperidine rings is 1. The van der Waals surface area contributed by atoms with E-state index in [1.54, 1.807) is 0 Å². The normalized spacial score (nSPS) is 37.0. The number of hydrogen-bond acceptors (Lipinski definition) is 3. The molecule has 2 aliphatic heterocycles. The molecule has 0 aliphatic carbocycles. The molecule has 0 aromatic carbocycles. The summed E-state index contributed by atoms with van der Waals surface area (Å²) in [4.78, 5) is 0. The monoisotopic (exact) mass is 212 g/mol. The van der Waals surface area contributed by atoms with E-state index < -0.39 is 0 Å². The molecule has 0 spiro atoms. The van der Waals surface area contributed by atoms with Crippen molar-refractivity contribution in [2.75, 3.05) is 26.2 Å². The Balaban J connectivity index is 1.67. The van der Waals surface area contributed by atoms with Gasteiger partial charge in [-0.1, -0.05) is 6.92 Å². The Hall–Kier alpha value is -0.120. The van der Waals surface area contributed by atoms with Crippen molar-refractivity contribution in [1.29, 1.82) is 0 Å². The van der Waals surface area contributed by atoms with Crippen molar-refractivity contribution >= 4 is 0 Å². The Morgan fingerprint density at radius 2 is 2.33 bits per heavy atom. The summed E-state index contributed by atoms with van der Waals surface area (Å²) in [6, 6.07) is 0.692. The van der Waals surface area contributed by atoms with E-state index in [1.165, 1.54) is 25.8 Å². The second-order valence-corrected chi connectivity index (χ2v) is 4.82. The third kappa shape index (κ3) is 3.16. The van der Waals surface area contributed by atoms with Crippen LogP contribution in [0, 0.1) is 5.92 Å². The first-order valence-electron chi connectivity index (χ1n) is 6.46. The number of hydrogen-bond donors (Lipinski definition) is 2. The number of rotatable bonds is 4. The lowest BCUT2D eigenvalue weighted by atomic mass is 9.98. The van der Waals surface area contributed by atoms with Gasteiger partial charge in [0.1, 0.15) is 0 Å². The Kier molecular flexibility index (Phi) is 4.42. The van der Waals surface area contributed by atoms with Crippen LogP contribution in [0.1, 0.15) is 32.6 Å². The molecule has 0 bridgehead atoms. The Morgan fingerprint density at radius 1 is 1.40 bits per heavy atom. The van der Waals surface area contributed by atoms with Gasteiger partial charge < -0.3 is 15.4 Å². The molecule has 0 radical (unpaired) electrons. The molecule has 2 aliphatic rings. The number of nitrogens with one attached hydrogen (secondary N) is 2. The minimum absolute atomic E-state index is 0.508. The predicted molar refractivity (Wildman–Crippen MR) is 62.0 cm³/mol. The van der Waals surface area contributed by atoms with Crippen LogP contribution in [0.15, 0.2) is 0 Å². The summed E-state index contributed by atoms with van der Waals surface area (Å²) in [6.07, 6.45) is 5.56. The highest BCUT2D eigenvalue weighted by Gasteiger charge is 2.27. The van der Waals surface area contributed by atoms with Crippen molar-refractivity contribution in [3.05, 3.63) is 0 Å². The molecule has 2 heterocycles. The van der Waals surface area contributed by atoms with Gasteiger partial charge in [0.05, 0.1) is 6.10 Å². The van der Waals surface area contributed by atoms with Crippen molar-refractivity contribution in [3.8, 4) is 0 Å². The average Bonchev–Trinajstić information content (AvgIpc) is 2.75. The maximum Gasteiger partial charge on any atom is 0.0613 e. The Morgan fingerprint density at radius 3 is 3.07 bits per heavy atom. The SMILES string of the molecule is CCC1OCCC1CNC1CCCNC1. The zero-order chi connectivity index (χ0) is 10.5. The van der Waals surface area contributed by atoms with Crippen molar-refractivity contribution in [2.45, 2.75) is 44.8 Å². The van der Waals surface area contributed by atoms with Crippen molar-refractivity contribution in [1.82, 2.24) is 10.6 Å². The van der Waals surface area contributed by atoms with Gasteiger partial charge in [-0.15, -0.1) is 0 Å². The molecule has 88 valence electrons. The molecule has 0 aromatic rings. The third-order valence-corrected chi connectivity index (χ3v) is 3.71. The second-order valence-electron chi connectivity index (χ2n) is 4.82. The fourth-order valence-corrected chi connectivity index (χ4v) is 2.72. The summed E-state index contributed by atoms with van der Waals surface area (Å²) >= 11 is 0. The van der Waals surface area contributed by atoms with Crippen LogP contribution in [0.25, 0.3) is 0 Å². The summed E-state index contributed by atoms with van der Waals surface area (Å²) in [7, 11) is 0. The molecule has 3 heteroatoms. The third-order valence-electron chi connectivity index (χ3n) is 3.71. The maximum atomic E-state index is 5.70. The Bertz CT molecular complexity index is 180. The summed E-state index contributed by atoms with van der Waals surface area (Å²) in [5.41, 5.74) is 0. The summed E-state index contributed by atoms with van der Waals surface area (Å²) in [5, 5.41) is 7.13. The van der Waals surface area contributed by atoms with E-state index in [4.69, 9.17) is 4.74 Å². The molecule has 2 fully saturated rings. The van der Waals surface area contributed by atoms with Gasteiger partial charge in [0.25, 0.3) is 0 Å². The summed E-state index contributed by atoms with van der Waals surface area (Å²) < 4.78 is 5.70. The molecule has 3 atom stereocenters. The highest BCUT2D eigenvalue weighted by atomic mass is 16.5. The maximum absolute atomic E-state index is 5.70. The molecule has 3 unspecified atom stereocenters. The van der Waals surface area contributed by atoms with Gasteiger partial charge in [-0.3, -0.25) is 0 Å². The highest BCUT2D eigenvalue weighted by Crippen LogP contribution is 2.22. The number of ether oxygens (including phenoxy) is 1. The van der Waals surface area contributed by atoms with E-state index in [0.29, 0.717) is 12.1 Å². The van der Waals surface area contributed by atoms with Crippen LogP contribution in [0.5, 0.6) is 0 Å². The van der Waals surface area contributed by atoms with Crippen LogP contribution in [-0.4, -0.2) is 38.4 Å². The molecule has 0 amide bonds. The molecule has 2 saturated heterocycles. The lowest BCUT2D eigenvalue weighted by molar-refractivity contribution is 0.0863. The first-order valence-corrected chi connectivity index (χ1v) is 6.46. The van der Waals surface area contributed by atoms with Gasteiger partial charge in [-0.05, 0) is 38.1 Å². The molecule has 0 saturated carbocycles. The van der Waals surface area contributed by atoms with E-state index in [1.807, 2.05) is 0 Å². The Labute approximate surface area is 93.0 Å². The second kappa shape index (κ2) is 5.83. The van der Waals surface area contributed by atoms with Gasteiger partial charge >= 0.3 is 0 Å². The average molecular weight is 212 g/mol. The molecule has 15 heavy (non-hydrogen) atoms. The predicted octanol–water partition coefficient (Wildman–Crippen LogP) is 1.14. The van der Waals surface area contributed by atoms with Gasteiger partial charge in [-0.2, -0.15) is 0 Å². The van der Waals surface area contributed by atoms with E-state index >= 15 is 0 Å². The fraction of sp³-hybridized carbons (Fsp3) is 1.00. The quantitative estimate of drug-likeness (QED) is 0.733. The molecule has 2 rings (SSSR count). The summed E-state index contributed by atoms with van der Waals surface area (Å²) in [6.45, 7) is 6.68. The topological polar surface area (TPSA) is 33.3 Å². The lowest BCUT2D eigenvalue weighted by Gasteiger charge is -2.26. The fourth-order valence-electron chi connectivity index (χ4n) is 2.72. The van der Waals surface area contributed by atoms with E-state index in [0.717, 1.165) is 32.0 Å². The van der Waals surface area contributed by atoms with E-state index in [9.17, 15) is 0 Å². The standard InChI is InChI=1S/C12H24N2O/c1-2-12-10(5-7-15-12)8-14-11-4-3-6-13-9-11/h10-14H,2-9H2,1H3. The van der Waals surface area contributed by atoms with Crippen LogP contribution < -0.4 is 10.6 Å². The van der Waals surface area contributed by atoms with Crippen LogP contribution in [-0.2, 0) is 4.74 Å². The van der Waals surface area contributed by atoms with Crippen molar-refractivity contribution in [2.24, 2.45) is 5.92 Å². The molecular formula is C12H24N2O. The van der Waals surface area contributed by atoms with Gasteiger partial charge in [0.2, 0.25) is 0 Å². The van der Waals surface area contributed by atoms with Gasteiger partial charge in [0, 0.05) is 25.7 Å². The van der Waals surface area contributed by atoms with E-state index in [2.05, 4.69) is 17.6 Å². The lowest BCUT2D eigenvalue weighted by Crippen LogP contribution is -2.45. The molecule has 3 nitrogen and oxygen atoms in total. The van der Waals surface area contributed by atoms with Crippen LogP contribution in [0.3, 0.4) is 0 Å². The zero-order valence-electron chi connectivity index (χ0n) is 9.80. The van der Waals surface area contributed by atoms with Crippen molar-refractivity contribution in [3.63, 3.8) is 0 Å². The molecule has 2 N–H and O–H groups in total. The van der Waals surface area contributed by atoms with Gasteiger partial charge in [-0.25, -0.2) is 0 Å². The molecule has 0 aromatic heterocycles. The van der Waals surface area contributed by atoms with Crippen molar-refractivity contribution < 1.29 is 4.74 Å². The minimum Gasteiger partial charge on any atom is -0.378 e. The highest BCUT2D eigenvalue weighted by molar-refractivity contribution is 4.81. The van der Waals surface area contributed by atoms with Crippen LogP contribution in [0.2, 0.25) is 0 Å². The van der Waals surface area contributed by atoms with Crippen LogP contribution >= 0.6 is 0 Å². The molecular weight excluding hydrogens is 188 g/mol. The van der Waals surface area contributed by atoms with E-state index in [-0.39, 0.29) is 0 Å². The summed E-state index contributed by atoms with van der Waals surface area (Å²) in [5.74, 6) is 0.747. The van der Waals surface area contributed by atoms with Crippen LogP contribution in [0.4, 0.5) is 0 Å². The first kappa shape index (κ1) is 11.4. The smallest absolute Gasteiger partial charge is 0.0613 e. The minimum atomic E-state index is 0.508. The largest absolute Gasteiger partial charge is 0.378 e. The van der Waals surface area contributed by atoms with Gasteiger partial charge in [0.15, 0.2) is 0 Å².